The molecule has 0 bridgehead atoms. The first-order valence-corrected chi connectivity index (χ1v) is 5.10. The second-order valence-electron chi connectivity index (χ2n) is 3.41. The molecule has 0 N–H and O–H groups in total. The van der Waals surface area contributed by atoms with Crippen molar-refractivity contribution < 1.29 is 17.6 Å². The number of hydrogen-bond donors (Lipinski definition) is 0. The highest BCUT2D eigenvalue weighted by atomic mass is 35.5. The highest BCUT2D eigenvalue weighted by molar-refractivity contribution is 6.29. The van der Waals surface area contributed by atoms with Crippen molar-refractivity contribution in [3.63, 3.8) is 0 Å². The Labute approximate surface area is 104 Å². The van der Waals surface area contributed by atoms with Crippen molar-refractivity contribution in [3.05, 3.63) is 47.1 Å². The monoisotopic (exact) mass is 276 g/mol. The lowest BCUT2D eigenvalue weighted by Gasteiger charge is -2.12. The van der Waals surface area contributed by atoms with Crippen molar-refractivity contribution in [2.24, 2.45) is 0 Å². The Bertz CT molecular complexity index is 583. The van der Waals surface area contributed by atoms with Crippen LogP contribution < -0.4 is 0 Å². The van der Waals surface area contributed by atoms with E-state index in [9.17, 15) is 17.6 Å². The van der Waals surface area contributed by atoms with Gasteiger partial charge >= 0.3 is 6.18 Å². The van der Waals surface area contributed by atoms with Crippen LogP contribution in [0.1, 0.15) is 5.56 Å². The first-order chi connectivity index (χ1) is 8.38. The van der Waals surface area contributed by atoms with Crippen molar-refractivity contribution in [1.29, 1.82) is 0 Å². The maximum atomic E-state index is 13.1. The molecule has 0 aliphatic heterocycles. The summed E-state index contributed by atoms with van der Waals surface area (Å²) in [4.78, 5) is 7.22. The normalized spacial score (nSPS) is 11.6. The predicted molar refractivity (Wildman–Crippen MR) is 57.4 cm³/mol. The molecule has 0 saturated carbocycles. The molecular weight excluding hydrogens is 272 g/mol. The molecule has 0 spiro atoms. The van der Waals surface area contributed by atoms with E-state index in [0.717, 1.165) is 24.5 Å². The van der Waals surface area contributed by atoms with E-state index in [0.29, 0.717) is 6.07 Å². The van der Waals surface area contributed by atoms with Gasteiger partial charge in [0.05, 0.1) is 11.3 Å². The van der Waals surface area contributed by atoms with E-state index in [4.69, 9.17) is 11.6 Å². The molecule has 0 fully saturated rings. The van der Waals surface area contributed by atoms with Crippen LogP contribution in [0.4, 0.5) is 17.6 Å². The number of benzene rings is 1. The lowest BCUT2D eigenvalue weighted by atomic mass is 10.0. The second kappa shape index (κ2) is 4.53. The largest absolute Gasteiger partial charge is 0.417 e. The Hall–Kier alpha value is -1.69. The minimum Gasteiger partial charge on any atom is -0.236 e. The minimum atomic E-state index is -4.60. The van der Waals surface area contributed by atoms with Crippen molar-refractivity contribution >= 4 is 11.6 Å². The van der Waals surface area contributed by atoms with Gasteiger partial charge in [-0.25, -0.2) is 14.4 Å². The van der Waals surface area contributed by atoms with Gasteiger partial charge in [-0.2, -0.15) is 13.2 Å². The van der Waals surface area contributed by atoms with E-state index in [2.05, 4.69) is 9.97 Å². The molecule has 0 aliphatic rings. The summed E-state index contributed by atoms with van der Waals surface area (Å²) in [6, 6.07) is 3.32. The molecule has 1 heterocycles. The fraction of sp³-hybridized carbons (Fsp3) is 0.0909. The standard InChI is InChI=1S/C11H5ClF4N2/c12-10-4-9(17-5-18-10)7-3-6(13)1-2-8(7)11(14,15)16/h1-5H. The topological polar surface area (TPSA) is 25.8 Å². The van der Waals surface area contributed by atoms with Gasteiger partial charge in [-0.3, -0.25) is 0 Å². The van der Waals surface area contributed by atoms with Crippen molar-refractivity contribution in [2.45, 2.75) is 6.18 Å². The molecule has 94 valence electrons. The number of hydrogen-bond acceptors (Lipinski definition) is 2. The highest BCUT2D eigenvalue weighted by Gasteiger charge is 2.34. The lowest BCUT2D eigenvalue weighted by molar-refractivity contribution is -0.137. The van der Waals surface area contributed by atoms with Gasteiger partial charge in [0.15, 0.2) is 0 Å². The highest BCUT2D eigenvalue weighted by Crippen LogP contribution is 2.36. The Morgan fingerprint density at radius 1 is 1.06 bits per heavy atom. The minimum absolute atomic E-state index is 0.0163. The van der Waals surface area contributed by atoms with Crippen molar-refractivity contribution in [3.8, 4) is 11.3 Å². The Morgan fingerprint density at radius 3 is 2.39 bits per heavy atom. The molecule has 2 aromatic rings. The Morgan fingerprint density at radius 2 is 1.78 bits per heavy atom. The number of rotatable bonds is 1. The van der Waals surface area contributed by atoms with Gasteiger partial charge in [0, 0.05) is 11.6 Å². The van der Waals surface area contributed by atoms with Crippen LogP contribution in [0.3, 0.4) is 0 Å². The van der Waals surface area contributed by atoms with E-state index in [1.807, 2.05) is 0 Å². The van der Waals surface area contributed by atoms with Crippen LogP contribution in [0.25, 0.3) is 11.3 Å². The summed E-state index contributed by atoms with van der Waals surface area (Å²) in [6.07, 6.45) is -3.58. The molecule has 0 saturated heterocycles. The van der Waals surface area contributed by atoms with Gasteiger partial charge in [0.25, 0.3) is 0 Å². The first-order valence-electron chi connectivity index (χ1n) is 4.72. The zero-order valence-electron chi connectivity index (χ0n) is 8.67. The number of halogens is 5. The van der Waals surface area contributed by atoms with Crippen LogP contribution >= 0.6 is 11.6 Å². The van der Waals surface area contributed by atoms with Crippen LogP contribution in [-0.4, -0.2) is 9.97 Å². The summed E-state index contributed by atoms with van der Waals surface area (Å²) in [5.74, 6) is -0.785. The molecule has 1 aromatic heterocycles. The zero-order chi connectivity index (χ0) is 13.3. The molecule has 7 heteroatoms. The quantitative estimate of drug-likeness (QED) is 0.582. The molecule has 0 atom stereocenters. The smallest absolute Gasteiger partial charge is 0.236 e. The summed E-state index contributed by atoms with van der Waals surface area (Å²) >= 11 is 5.58. The number of nitrogens with zero attached hydrogens (tertiary/aromatic N) is 2. The average molecular weight is 277 g/mol. The first kappa shape index (κ1) is 12.8. The Kier molecular flexibility index (Phi) is 3.21. The van der Waals surface area contributed by atoms with Crippen molar-refractivity contribution in [2.75, 3.05) is 0 Å². The van der Waals surface area contributed by atoms with Crippen LogP contribution in [0, 0.1) is 5.82 Å². The third-order valence-corrected chi connectivity index (χ3v) is 2.40. The summed E-state index contributed by atoms with van der Waals surface area (Å²) in [7, 11) is 0. The third kappa shape index (κ3) is 2.59. The maximum absolute atomic E-state index is 13.1. The summed E-state index contributed by atoms with van der Waals surface area (Å²) in [5, 5.41) is -0.0163. The van der Waals surface area contributed by atoms with E-state index < -0.39 is 17.6 Å². The molecule has 2 rings (SSSR count). The van der Waals surface area contributed by atoms with E-state index in [1.54, 1.807) is 0 Å². The number of alkyl halides is 3. The predicted octanol–water partition coefficient (Wildman–Crippen LogP) is 3.95. The van der Waals surface area contributed by atoms with Gasteiger partial charge in [-0.15, -0.1) is 0 Å². The van der Waals surface area contributed by atoms with Crippen LogP contribution in [0.5, 0.6) is 0 Å². The molecule has 0 amide bonds. The van der Waals surface area contributed by atoms with Crippen molar-refractivity contribution in [1.82, 2.24) is 9.97 Å². The van der Waals surface area contributed by atoms with Gasteiger partial charge in [-0.05, 0) is 18.2 Å². The van der Waals surface area contributed by atoms with Crippen LogP contribution in [0.15, 0.2) is 30.6 Å². The van der Waals surface area contributed by atoms with E-state index in [-0.39, 0.29) is 16.4 Å². The van der Waals surface area contributed by atoms with Crippen LogP contribution in [0.2, 0.25) is 5.15 Å². The third-order valence-electron chi connectivity index (χ3n) is 2.20. The fourth-order valence-corrected chi connectivity index (χ4v) is 1.60. The molecule has 1 aromatic carbocycles. The van der Waals surface area contributed by atoms with Gasteiger partial charge < -0.3 is 0 Å². The fourth-order valence-electron chi connectivity index (χ4n) is 1.46. The van der Waals surface area contributed by atoms with Gasteiger partial charge in [-0.1, -0.05) is 11.6 Å². The van der Waals surface area contributed by atoms with Gasteiger partial charge in [0.1, 0.15) is 17.3 Å². The van der Waals surface area contributed by atoms with Crippen LogP contribution in [-0.2, 0) is 6.18 Å². The second-order valence-corrected chi connectivity index (χ2v) is 3.80. The zero-order valence-corrected chi connectivity index (χ0v) is 9.43. The lowest BCUT2D eigenvalue weighted by Crippen LogP contribution is -2.08. The maximum Gasteiger partial charge on any atom is 0.417 e. The number of aromatic nitrogens is 2. The molecule has 18 heavy (non-hydrogen) atoms. The molecule has 0 radical (unpaired) electrons. The van der Waals surface area contributed by atoms with E-state index >= 15 is 0 Å². The van der Waals surface area contributed by atoms with E-state index in [1.165, 1.54) is 0 Å². The SMILES string of the molecule is Fc1ccc(C(F)(F)F)c(-c2cc(Cl)ncn2)c1. The summed E-state index contributed by atoms with van der Waals surface area (Å²) < 4.78 is 51.4. The average Bonchev–Trinajstić information content (AvgIpc) is 2.27. The summed E-state index contributed by atoms with van der Waals surface area (Å²) in [5.41, 5.74) is -1.42. The summed E-state index contributed by atoms with van der Waals surface area (Å²) in [6.45, 7) is 0. The molecular formula is C11H5ClF4N2. The molecule has 0 unspecified atom stereocenters. The Balaban J connectivity index is 2.66. The van der Waals surface area contributed by atoms with Gasteiger partial charge in [0.2, 0.25) is 0 Å². The molecule has 2 nitrogen and oxygen atoms in total. The molecule has 0 aliphatic carbocycles.